The van der Waals surface area contributed by atoms with E-state index in [0.717, 1.165) is 19.3 Å². The van der Waals surface area contributed by atoms with Crippen molar-refractivity contribution in [3.8, 4) is 0 Å². The Hall–Kier alpha value is -0.610. The Morgan fingerprint density at radius 2 is 2.20 bits per heavy atom. The molecule has 4 heteroatoms. The van der Waals surface area contributed by atoms with Gasteiger partial charge in [0.2, 0.25) is 0 Å². The molecule has 0 aromatic rings. The van der Waals surface area contributed by atoms with Gasteiger partial charge in [-0.05, 0) is 26.3 Å². The summed E-state index contributed by atoms with van der Waals surface area (Å²) >= 11 is 0. The number of hydrogen-bond acceptors (Lipinski definition) is 3. The maximum Gasteiger partial charge on any atom is 0.332 e. The average molecular weight is 215 g/mol. The van der Waals surface area contributed by atoms with E-state index in [0.29, 0.717) is 12.5 Å². The number of likely N-dealkylation sites (N-methyl/N-ethyl adjacent to an activating group) is 1. The first kappa shape index (κ1) is 12.5. The highest BCUT2D eigenvalue weighted by Gasteiger charge is 2.28. The maximum atomic E-state index is 10.9. The van der Waals surface area contributed by atoms with Crippen LogP contribution in [0.25, 0.3) is 0 Å². The van der Waals surface area contributed by atoms with Crippen LogP contribution in [0.4, 0.5) is 0 Å². The van der Waals surface area contributed by atoms with E-state index in [2.05, 4.69) is 5.32 Å². The van der Waals surface area contributed by atoms with Gasteiger partial charge in [0.05, 0.1) is 6.10 Å². The van der Waals surface area contributed by atoms with Crippen molar-refractivity contribution in [3.05, 3.63) is 0 Å². The number of carboxylic acid groups (broad SMARTS) is 1. The molecule has 4 nitrogen and oxygen atoms in total. The van der Waals surface area contributed by atoms with Crippen molar-refractivity contribution in [1.82, 2.24) is 5.32 Å². The van der Waals surface area contributed by atoms with Crippen molar-refractivity contribution in [1.29, 1.82) is 0 Å². The van der Waals surface area contributed by atoms with Crippen LogP contribution in [0.15, 0.2) is 0 Å². The molecule has 3 atom stereocenters. The fraction of sp³-hybridized carbons (Fsp3) is 0.909. The second-order valence-corrected chi connectivity index (χ2v) is 4.09. The second-order valence-electron chi connectivity index (χ2n) is 4.09. The van der Waals surface area contributed by atoms with Gasteiger partial charge in [-0.3, -0.25) is 0 Å². The van der Waals surface area contributed by atoms with Gasteiger partial charge in [0.25, 0.3) is 0 Å². The van der Waals surface area contributed by atoms with Crippen molar-refractivity contribution >= 4 is 5.97 Å². The number of rotatable bonds is 5. The molecule has 2 N–H and O–H groups in total. The van der Waals surface area contributed by atoms with E-state index in [4.69, 9.17) is 9.84 Å². The van der Waals surface area contributed by atoms with Crippen molar-refractivity contribution in [2.75, 3.05) is 7.05 Å². The van der Waals surface area contributed by atoms with E-state index in [1.807, 2.05) is 14.0 Å². The van der Waals surface area contributed by atoms with Crippen LogP contribution in [-0.4, -0.2) is 36.4 Å². The lowest BCUT2D eigenvalue weighted by Crippen LogP contribution is -2.44. The molecule has 1 rings (SSSR count). The van der Waals surface area contributed by atoms with E-state index >= 15 is 0 Å². The summed E-state index contributed by atoms with van der Waals surface area (Å²) in [6.07, 6.45) is 4.33. The Morgan fingerprint density at radius 1 is 1.53 bits per heavy atom. The maximum absolute atomic E-state index is 10.9. The standard InChI is InChI=1S/C11H21NO3/c1-3-9(11(13)14)15-10-7-5-4-6-8(10)12-2/h8-10,12H,3-7H2,1-2H3,(H,13,14). The van der Waals surface area contributed by atoms with Gasteiger partial charge in [-0.1, -0.05) is 19.8 Å². The molecule has 0 bridgehead atoms. The Bertz CT molecular complexity index is 208. The first-order valence-electron chi connectivity index (χ1n) is 5.74. The van der Waals surface area contributed by atoms with Gasteiger partial charge in [0, 0.05) is 6.04 Å². The van der Waals surface area contributed by atoms with Crippen LogP contribution in [0.3, 0.4) is 0 Å². The van der Waals surface area contributed by atoms with Crippen LogP contribution in [0.5, 0.6) is 0 Å². The molecule has 0 spiro atoms. The van der Waals surface area contributed by atoms with Gasteiger partial charge in [0.15, 0.2) is 6.10 Å². The quantitative estimate of drug-likeness (QED) is 0.727. The lowest BCUT2D eigenvalue weighted by atomic mass is 9.92. The molecule has 0 amide bonds. The summed E-state index contributed by atoms with van der Waals surface area (Å²) < 4.78 is 5.64. The van der Waals surface area contributed by atoms with E-state index in [9.17, 15) is 4.79 Å². The van der Waals surface area contributed by atoms with Crippen molar-refractivity contribution < 1.29 is 14.6 Å². The average Bonchev–Trinajstić information content (AvgIpc) is 2.25. The van der Waals surface area contributed by atoms with Crippen molar-refractivity contribution in [2.45, 2.75) is 57.3 Å². The van der Waals surface area contributed by atoms with E-state index < -0.39 is 12.1 Å². The monoisotopic (exact) mass is 215 g/mol. The van der Waals surface area contributed by atoms with Gasteiger partial charge in [0.1, 0.15) is 0 Å². The summed E-state index contributed by atoms with van der Waals surface area (Å²) in [5.74, 6) is -0.849. The minimum Gasteiger partial charge on any atom is -0.479 e. The smallest absolute Gasteiger partial charge is 0.332 e. The first-order valence-corrected chi connectivity index (χ1v) is 5.74. The predicted molar refractivity (Wildman–Crippen MR) is 57.9 cm³/mol. The van der Waals surface area contributed by atoms with Gasteiger partial charge in [-0.15, -0.1) is 0 Å². The number of hydrogen-bond donors (Lipinski definition) is 2. The lowest BCUT2D eigenvalue weighted by Gasteiger charge is -2.32. The van der Waals surface area contributed by atoms with Gasteiger partial charge >= 0.3 is 5.97 Å². The highest BCUT2D eigenvalue weighted by atomic mass is 16.5. The van der Waals surface area contributed by atoms with E-state index in [1.54, 1.807) is 0 Å². The summed E-state index contributed by atoms with van der Waals surface area (Å²) in [4.78, 5) is 10.9. The Morgan fingerprint density at radius 3 is 2.73 bits per heavy atom. The number of carboxylic acids is 1. The first-order chi connectivity index (χ1) is 7.19. The van der Waals surface area contributed by atoms with Crippen LogP contribution < -0.4 is 5.32 Å². The third kappa shape index (κ3) is 3.47. The molecule has 0 heterocycles. The molecule has 1 saturated carbocycles. The minimum absolute atomic E-state index is 0.0600. The molecule has 0 aliphatic heterocycles. The highest BCUT2D eigenvalue weighted by Crippen LogP contribution is 2.22. The molecule has 0 aromatic heterocycles. The molecule has 0 aromatic carbocycles. The molecule has 0 saturated heterocycles. The normalized spacial score (nSPS) is 28.7. The minimum atomic E-state index is -0.849. The molecule has 3 unspecified atom stereocenters. The van der Waals surface area contributed by atoms with Crippen LogP contribution in [-0.2, 0) is 9.53 Å². The molecular weight excluding hydrogens is 194 g/mol. The summed E-state index contributed by atoms with van der Waals surface area (Å²) in [5, 5.41) is 12.1. The van der Waals surface area contributed by atoms with Crippen molar-refractivity contribution in [2.24, 2.45) is 0 Å². The van der Waals surface area contributed by atoms with E-state index in [-0.39, 0.29) is 6.10 Å². The summed E-state index contributed by atoms with van der Waals surface area (Å²) in [5.41, 5.74) is 0. The van der Waals surface area contributed by atoms with Crippen LogP contribution in [0, 0.1) is 0 Å². The Labute approximate surface area is 91.0 Å². The van der Waals surface area contributed by atoms with Crippen LogP contribution >= 0.6 is 0 Å². The van der Waals surface area contributed by atoms with E-state index in [1.165, 1.54) is 6.42 Å². The number of ether oxygens (including phenoxy) is 1. The van der Waals surface area contributed by atoms with Gasteiger partial charge in [-0.2, -0.15) is 0 Å². The lowest BCUT2D eigenvalue weighted by molar-refractivity contribution is -0.157. The topological polar surface area (TPSA) is 58.6 Å². The summed E-state index contributed by atoms with van der Waals surface area (Å²) in [6, 6.07) is 0.312. The molecule has 1 aliphatic rings. The third-order valence-corrected chi connectivity index (χ3v) is 3.06. The SMILES string of the molecule is CCC(OC1CCCCC1NC)C(=O)O. The zero-order valence-electron chi connectivity index (χ0n) is 9.53. The fourth-order valence-corrected chi connectivity index (χ4v) is 2.13. The highest BCUT2D eigenvalue weighted by molar-refractivity contribution is 5.72. The summed E-state index contributed by atoms with van der Waals surface area (Å²) in [7, 11) is 1.91. The number of carbonyl (C=O) groups is 1. The van der Waals surface area contributed by atoms with Gasteiger partial charge < -0.3 is 15.2 Å². The van der Waals surface area contributed by atoms with Gasteiger partial charge in [-0.25, -0.2) is 4.79 Å². The van der Waals surface area contributed by atoms with Crippen LogP contribution in [0.2, 0.25) is 0 Å². The zero-order chi connectivity index (χ0) is 11.3. The molecule has 0 radical (unpaired) electrons. The van der Waals surface area contributed by atoms with Crippen molar-refractivity contribution in [3.63, 3.8) is 0 Å². The number of aliphatic carboxylic acids is 1. The predicted octanol–water partition coefficient (Wildman–Crippen LogP) is 1.40. The fourth-order valence-electron chi connectivity index (χ4n) is 2.13. The molecule has 1 fully saturated rings. The molecule has 1 aliphatic carbocycles. The number of nitrogens with one attached hydrogen (secondary N) is 1. The summed E-state index contributed by atoms with van der Waals surface area (Å²) in [6.45, 7) is 1.84. The Kier molecular flexibility index (Phi) is 5.05. The molecule has 15 heavy (non-hydrogen) atoms. The van der Waals surface area contributed by atoms with Crippen LogP contribution in [0.1, 0.15) is 39.0 Å². The molecule has 88 valence electrons. The molecular formula is C11H21NO3. The largest absolute Gasteiger partial charge is 0.479 e. The zero-order valence-corrected chi connectivity index (χ0v) is 9.53. The Balaban J connectivity index is 2.49. The third-order valence-electron chi connectivity index (χ3n) is 3.06. The second kappa shape index (κ2) is 6.08.